The van der Waals surface area contributed by atoms with Crippen LogP contribution in [0.3, 0.4) is 0 Å². The van der Waals surface area contributed by atoms with Gasteiger partial charge in [0.1, 0.15) is 0 Å². The van der Waals surface area contributed by atoms with Crippen molar-refractivity contribution in [2.75, 3.05) is 20.1 Å². The Morgan fingerprint density at radius 3 is 2.44 bits per heavy atom. The van der Waals surface area contributed by atoms with E-state index in [2.05, 4.69) is 56.9 Å². The largest absolute Gasteiger partial charge is 0.353 e. The molecule has 0 spiro atoms. The number of nitrogens with one attached hydrogen (secondary N) is 2. The number of benzene rings is 1. The van der Waals surface area contributed by atoms with Crippen LogP contribution in [0.5, 0.6) is 0 Å². The molecule has 3 rings (SSSR count). The fraction of sp³-hybridized carbons (Fsp3) is 0.550. The lowest BCUT2D eigenvalue weighted by molar-refractivity contribution is 0.220. The van der Waals surface area contributed by atoms with E-state index in [1.54, 1.807) is 0 Å². The standard InChI is InChI=1S/C20H30N4.HI/c1-21-20(23-19-11-5-6-12-19)22-15-17-9-3-4-10-18(17)16-24-13-7-2-8-14-24;/h3-6,9-10,19H,2,7-8,11-16H2,1H3,(H2,21,22,23);1H. The molecule has 1 fully saturated rings. The molecular weight excluding hydrogens is 423 g/mol. The molecule has 1 heterocycles. The summed E-state index contributed by atoms with van der Waals surface area (Å²) in [6.45, 7) is 4.36. The molecule has 138 valence electrons. The monoisotopic (exact) mass is 454 g/mol. The van der Waals surface area contributed by atoms with Gasteiger partial charge in [0, 0.05) is 26.2 Å². The van der Waals surface area contributed by atoms with Crippen LogP contribution in [0.15, 0.2) is 41.4 Å². The van der Waals surface area contributed by atoms with Crippen molar-refractivity contribution in [1.29, 1.82) is 0 Å². The molecule has 0 atom stereocenters. The average molecular weight is 454 g/mol. The van der Waals surface area contributed by atoms with E-state index in [-0.39, 0.29) is 24.0 Å². The van der Waals surface area contributed by atoms with Gasteiger partial charge in [-0.25, -0.2) is 0 Å². The SMILES string of the molecule is CN=C(NCc1ccccc1CN1CCCCC1)NC1CC=CC1.I. The van der Waals surface area contributed by atoms with Crippen molar-refractivity contribution >= 4 is 29.9 Å². The lowest BCUT2D eigenvalue weighted by atomic mass is 10.0. The topological polar surface area (TPSA) is 39.7 Å². The van der Waals surface area contributed by atoms with Crippen LogP contribution in [0.25, 0.3) is 0 Å². The number of aliphatic imine (C=N–C) groups is 1. The second-order valence-electron chi connectivity index (χ2n) is 6.82. The molecule has 1 aliphatic carbocycles. The van der Waals surface area contributed by atoms with E-state index < -0.39 is 0 Å². The highest BCUT2D eigenvalue weighted by Gasteiger charge is 2.14. The van der Waals surface area contributed by atoms with Gasteiger partial charge in [-0.1, -0.05) is 42.8 Å². The van der Waals surface area contributed by atoms with Crippen LogP contribution in [0.4, 0.5) is 0 Å². The van der Waals surface area contributed by atoms with Crippen molar-refractivity contribution in [3.8, 4) is 0 Å². The summed E-state index contributed by atoms with van der Waals surface area (Å²) in [6, 6.07) is 9.27. The molecule has 2 aliphatic rings. The molecule has 0 unspecified atom stereocenters. The van der Waals surface area contributed by atoms with Gasteiger partial charge in [-0.3, -0.25) is 9.89 Å². The number of halogens is 1. The predicted octanol–water partition coefficient (Wildman–Crippen LogP) is 3.67. The Kier molecular flexibility index (Phi) is 8.75. The number of hydrogen-bond donors (Lipinski definition) is 2. The van der Waals surface area contributed by atoms with E-state index >= 15 is 0 Å². The molecule has 1 aromatic rings. The van der Waals surface area contributed by atoms with Crippen LogP contribution in [0.1, 0.15) is 43.2 Å². The zero-order valence-corrected chi connectivity index (χ0v) is 17.5. The van der Waals surface area contributed by atoms with Crippen molar-refractivity contribution in [3.05, 3.63) is 47.5 Å². The van der Waals surface area contributed by atoms with Gasteiger partial charge in [0.25, 0.3) is 0 Å². The van der Waals surface area contributed by atoms with E-state index in [0.717, 1.165) is 31.9 Å². The highest BCUT2D eigenvalue weighted by Crippen LogP contribution is 2.16. The smallest absolute Gasteiger partial charge is 0.191 e. The van der Waals surface area contributed by atoms with Gasteiger partial charge in [-0.2, -0.15) is 0 Å². The Morgan fingerprint density at radius 1 is 1.08 bits per heavy atom. The maximum atomic E-state index is 4.37. The molecule has 5 heteroatoms. The average Bonchev–Trinajstić information content (AvgIpc) is 3.14. The normalized spacial score (nSPS) is 18.8. The van der Waals surface area contributed by atoms with Gasteiger partial charge >= 0.3 is 0 Å². The third-order valence-electron chi connectivity index (χ3n) is 4.98. The Hall–Kier alpha value is -1.08. The highest BCUT2D eigenvalue weighted by atomic mass is 127. The number of nitrogens with zero attached hydrogens (tertiary/aromatic N) is 2. The second-order valence-corrected chi connectivity index (χ2v) is 6.82. The van der Waals surface area contributed by atoms with E-state index in [4.69, 9.17) is 0 Å². The maximum absolute atomic E-state index is 4.37. The van der Waals surface area contributed by atoms with Crippen molar-refractivity contribution in [2.24, 2.45) is 4.99 Å². The van der Waals surface area contributed by atoms with Crippen LogP contribution in [-0.2, 0) is 13.1 Å². The summed E-state index contributed by atoms with van der Waals surface area (Å²) < 4.78 is 0. The Labute approximate surface area is 169 Å². The second kappa shape index (κ2) is 10.8. The molecule has 1 aromatic carbocycles. The van der Waals surface area contributed by atoms with Crippen molar-refractivity contribution in [3.63, 3.8) is 0 Å². The van der Waals surface area contributed by atoms with Crippen LogP contribution in [-0.4, -0.2) is 37.0 Å². The molecule has 0 bridgehead atoms. The van der Waals surface area contributed by atoms with Crippen LogP contribution in [0.2, 0.25) is 0 Å². The number of guanidine groups is 1. The summed E-state index contributed by atoms with van der Waals surface area (Å²) in [6.07, 6.45) is 10.7. The molecule has 0 saturated carbocycles. The van der Waals surface area contributed by atoms with Crippen LogP contribution < -0.4 is 10.6 Å². The van der Waals surface area contributed by atoms with Crippen LogP contribution >= 0.6 is 24.0 Å². The van der Waals surface area contributed by atoms with Gasteiger partial charge < -0.3 is 10.6 Å². The van der Waals surface area contributed by atoms with Crippen LogP contribution in [0, 0.1) is 0 Å². The van der Waals surface area contributed by atoms with Crippen molar-refractivity contribution in [1.82, 2.24) is 15.5 Å². The quantitative estimate of drug-likeness (QED) is 0.309. The number of rotatable bonds is 5. The summed E-state index contributed by atoms with van der Waals surface area (Å²) in [5.41, 5.74) is 2.81. The summed E-state index contributed by atoms with van der Waals surface area (Å²) in [5.74, 6) is 0.900. The Balaban J connectivity index is 0.00000225. The van der Waals surface area contributed by atoms with Gasteiger partial charge in [0.05, 0.1) is 0 Å². The molecule has 0 aromatic heterocycles. The van der Waals surface area contributed by atoms with E-state index in [0.29, 0.717) is 6.04 Å². The predicted molar refractivity (Wildman–Crippen MR) is 116 cm³/mol. The summed E-state index contributed by atoms with van der Waals surface area (Å²) in [5, 5.41) is 6.99. The van der Waals surface area contributed by atoms with E-state index in [9.17, 15) is 0 Å². The number of likely N-dealkylation sites (tertiary alicyclic amines) is 1. The molecule has 1 saturated heterocycles. The third kappa shape index (κ3) is 6.29. The zero-order valence-electron chi connectivity index (χ0n) is 15.2. The molecule has 0 amide bonds. The molecule has 4 nitrogen and oxygen atoms in total. The fourth-order valence-corrected chi connectivity index (χ4v) is 3.54. The van der Waals surface area contributed by atoms with Gasteiger partial charge in [-0.15, -0.1) is 24.0 Å². The molecular formula is C20H31IN4. The zero-order chi connectivity index (χ0) is 16.6. The molecule has 0 radical (unpaired) electrons. The minimum Gasteiger partial charge on any atom is -0.353 e. The lowest BCUT2D eigenvalue weighted by Gasteiger charge is -2.27. The first-order chi connectivity index (χ1) is 11.8. The van der Waals surface area contributed by atoms with Crippen molar-refractivity contribution in [2.45, 2.75) is 51.2 Å². The Morgan fingerprint density at radius 2 is 1.76 bits per heavy atom. The molecule has 2 N–H and O–H groups in total. The first kappa shape index (κ1) is 20.2. The minimum absolute atomic E-state index is 0. The van der Waals surface area contributed by atoms with Gasteiger partial charge in [-0.05, 0) is 49.9 Å². The van der Waals surface area contributed by atoms with E-state index in [1.165, 1.54) is 43.5 Å². The number of hydrogen-bond acceptors (Lipinski definition) is 2. The summed E-state index contributed by atoms with van der Waals surface area (Å²) in [4.78, 5) is 6.95. The molecule has 25 heavy (non-hydrogen) atoms. The Bertz CT molecular complexity index is 571. The minimum atomic E-state index is 0. The van der Waals surface area contributed by atoms with Crippen molar-refractivity contribution < 1.29 is 0 Å². The maximum Gasteiger partial charge on any atom is 0.191 e. The summed E-state index contributed by atoms with van der Waals surface area (Å²) in [7, 11) is 1.84. The highest BCUT2D eigenvalue weighted by molar-refractivity contribution is 14.0. The van der Waals surface area contributed by atoms with E-state index in [1.807, 2.05) is 7.05 Å². The molecule has 1 aliphatic heterocycles. The lowest BCUT2D eigenvalue weighted by Crippen LogP contribution is -2.42. The third-order valence-corrected chi connectivity index (χ3v) is 4.98. The fourth-order valence-electron chi connectivity index (χ4n) is 3.54. The summed E-state index contributed by atoms with van der Waals surface area (Å²) >= 11 is 0. The van der Waals surface area contributed by atoms with Gasteiger partial charge in [0.15, 0.2) is 5.96 Å². The number of piperidine rings is 1. The first-order valence-corrected chi connectivity index (χ1v) is 9.26. The van der Waals surface area contributed by atoms with Gasteiger partial charge in [0.2, 0.25) is 0 Å². The first-order valence-electron chi connectivity index (χ1n) is 9.26.